The second-order valence-electron chi connectivity index (χ2n) is 7.58. The number of methoxy groups -OCH3 is 1. The van der Waals surface area contributed by atoms with E-state index in [0.29, 0.717) is 22.7 Å². The lowest BCUT2D eigenvalue weighted by Crippen LogP contribution is -2.36. The van der Waals surface area contributed by atoms with Crippen LogP contribution in [0.1, 0.15) is 11.1 Å². The summed E-state index contributed by atoms with van der Waals surface area (Å²) in [5.41, 5.74) is 1.36. The van der Waals surface area contributed by atoms with Crippen LogP contribution in [0.15, 0.2) is 71.6 Å². The van der Waals surface area contributed by atoms with Crippen LogP contribution in [-0.2, 0) is 16.2 Å². The second kappa shape index (κ2) is 11.3. The van der Waals surface area contributed by atoms with Crippen LogP contribution in [0.2, 0.25) is 5.02 Å². The number of amides is 3. The van der Waals surface area contributed by atoms with Crippen molar-refractivity contribution in [2.75, 3.05) is 19.0 Å². The highest BCUT2D eigenvalue weighted by atomic mass is 35.5. The zero-order valence-electron chi connectivity index (χ0n) is 19.0. The molecule has 3 aromatic carbocycles. The van der Waals surface area contributed by atoms with E-state index in [1.807, 2.05) is 6.07 Å². The van der Waals surface area contributed by atoms with Crippen LogP contribution in [0, 0.1) is 5.82 Å². The topological polar surface area (TPSA) is 84.9 Å². The number of nitrogens with zero attached hydrogens (tertiary/aromatic N) is 1. The molecule has 0 radical (unpaired) electrons. The molecule has 0 aliphatic carbocycles. The number of para-hydroxylation sites is 1. The maximum atomic E-state index is 14.0. The number of imide groups is 1. The molecule has 10 heteroatoms. The third-order valence-corrected chi connectivity index (χ3v) is 6.41. The van der Waals surface area contributed by atoms with Gasteiger partial charge < -0.3 is 14.8 Å². The molecule has 3 aromatic rings. The Morgan fingerprint density at radius 3 is 2.58 bits per heavy atom. The summed E-state index contributed by atoms with van der Waals surface area (Å²) in [6.45, 7) is -0.503. The van der Waals surface area contributed by atoms with E-state index in [-0.39, 0.29) is 22.1 Å². The Morgan fingerprint density at radius 1 is 1.08 bits per heavy atom. The molecule has 1 fully saturated rings. The maximum absolute atomic E-state index is 14.0. The highest BCUT2D eigenvalue weighted by Crippen LogP contribution is 2.35. The van der Waals surface area contributed by atoms with Crippen LogP contribution < -0.4 is 14.8 Å². The number of hydrogen-bond donors (Lipinski definition) is 1. The van der Waals surface area contributed by atoms with Gasteiger partial charge in [-0.1, -0.05) is 41.9 Å². The Morgan fingerprint density at radius 2 is 1.86 bits per heavy atom. The molecular formula is C26H20ClFN2O5S. The summed E-state index contributed by atoms with van der Waals surface area (Å²) in [5.74, 6) is -0.840. The lowest BCUT2D eigenvalue weighted by molar-refractivity contribution is -0.127. The summed E-state index contributed by atoms with van der Waals surface area (Å²) < 4.78 is 25.1. The minimum atomic E-state index is -0.568. The lowest BCUT2D eigenvalue weighted by Gasteiger charge is -2.13. The van der Waals surface area contributed by atoms with Crippen LogP contribution in [0.4, 0.5) is 14.9 Å². The number of thioether (sulfide) groups is 1. The summed E-state index contributed by atoms with van der Waals surface area (Å²) in [6.07, 6.45) is 1.53. The number of rotatable bonds is 8. The van der Waals surface area contributed by atoms with Crippen LogP contribution >= 0.6 is 23.4 Å². The first-order chi connectivity index (χ1) is 17.4. The van der Waals surface area contributed by atoms with Crippen molar-refractivity contribution >= 4 is 52.2 Å². The third-order valence-electron chi connectivity index (χ3n) is 5.15. The van der Waals surface area contributed by atoms with Gasteiger partial charge in [0.1, 0.15) is 19.0 Å². The molecule has 1 aliphatic rings. The minimum Gasteiger partial charge on any atom is -0.493 e. The largest absolute Gasteiger partial charge is 0.493 e. The Bertz CT molecular complexity index is 1330. The molecule has 0 spiro atoms. The van der Waals surface area contributed by atoms with Crippen LogP contribution in [-0.4, -0.2) is 35.6 Å². The van der Waals surface area contributed by atoms with E-state index in [1.165, 1.54) is 25.3 Å². The van der Waals surface area contributed by atoms with Gasteiger partial charge >= 0.3 is 0 Å². The number of carbonyl (C=O) groups excluding carboxylic acids is 3. The van der Waals surface area contributed by atoms with E-state index in [1.54, 1.807) is 48.5 Å². The van der Waals surface area contributed by atoms with E-state index < -0.39 is 29.4 Å². The zero-order valence-corrected chi connectivity index (χ0v) is 20.6. The molecule has 0 aromatic heterocycles. The Kier molecular flexibility index (Phi) is 7.92. The molecule has 3 amide bonds. The fourth-order valence-corrected chi connectivity index (χ4v) is 4.42. The van der Waals surface area contributed by atoms with Crippen molar-refractivity contribution in [3.63, 3.8) is 0 Å². The number of anilines is 1. The van der Waals surface area contributed by atoms with Crippen molar-refractivity contribution in [2.24, 2.45) is 0 Å². The average Bonchev–Trinajstić information content (AvgIpc) is 3.12. The number of halogens is 2. The summed E-state index contributed by atoms with van der Waals surface area (Å²) in [7, 11) is 1.45. The van der Waals surface area contributed by atoms with E-state index in [9.17, 15) is 18.8 Å². The summed E-state index contributed by atoms with van der Waals surface area (Å²) in [5, 5.41) is 2.36. The van der Waals surface area contributed by atoms with Gasteiger partial charge in [0.05, 0.1) is 17.0 Å². The molecule has 36 heavy (non-hydrogen) atoms. The molecule has 1 heterocycles. The van der Waals surface area contributed by atoms with Crippen molar-refractivity contribution in [2.45, 2.75) is 6.61 Å². The van der Waals surface area contributed by atoms with Crippen molar-refractivity contribution < 1.29 is 28.2 Å². The van der Waals surface area contributed by atoms with Gasteiger partial charge in [0, 0.05) is 11.3 Å². The first kappa shape index (κ1) is 25.3. The van der Waals surface area contributed by atoms with Crippen LogP contribution in [0.3, 0.4) is 0 Å². The second-order valence-corrected chi connectivity index (χ2v) is 8.98. The highest BCUT2D eigenvalue weighted by Gasteiger charge is 2.36. The molecule has 1 aliphatic heterocycles. The summed E-state index contributed by atoms with van der Waals surface area (Å²) >= 11 is 6.79. The smallest absolute Gasteiger partial charge is 0.294 e. The molecule has 0 unspecified atom stereocenters. The highest BCUT2D eigenvalue weighted by molar-refractivity contribution is 8.18. The predicted molar refractivity (Wildman–Crippen MR) is 136 cm³/mol. The van der Waals surface area contributed by atoms with E-state index >= 15 is 0 Å². The SMILES string of the molecule is COc1cc(/C=C2\SC(=O)N(CC(=O)Nc3ccccc3)C2=O)ccc1OCc1c(F)cccc1Cl. The number of hydrogen-bond acceptors (Lipinski definition) is 6. The van der Waals surface area contributed by atoms with E-state index in [4.69, 9.17) is 21.1 Å². The number of ether oxygens (including phenoxy) is 2. The van der Waals surface area contributed by atoms with Crippen LogP contribution in [0.25, 0.3) is 6.08 Å². The molecule has 7 nitrogen and oxygen atoms in total. The van der Waals surface area contributed by atoms with Gasteiger partial charge in [-0.25, -0.2) is 4.39 Å². The number of carbonyl (C=O) groups is 3. The Hall–Kier alpha value is -3.82. The third kappa shape index (κ3) is 5.87. The molecule has 0 atom stereocenters. The van der Waals surface area contributed by atoms with Crippen LogP contribution in [0.5, 0.6) is 11.5 Å². The number of nitrogens with one attached hydrogen (secondary N) is 1. The van der Waals surface area contributed by atoms with Crippen molar-refractivity contribution in [1.82, 2.24) is 4.90 Å². The fraction of sp³-hybridized carbons (Fsp3) is 0.115. The standard InChI is InChI=1S/C26H20ClFN2O5S/c1-34-22-12-16(10-11-21(22)35-15-18-19(27)8-5-9-20(18)28)13-23-25(32)30(26(33)36-23)14-24(31)29-17-6-3-2-4-7-17/h2-13H,14-15H2,1H3,(H,29,31)/b23-13-. The molecular weight excluding hydrogens is 507 g/mol. The molecule has 0 saturated carbocycles. The fourth-order valence-electron chi connectivity index (χ4n) is 3.37. The predicted octanol–water partition coefficient (Wildman–Crippen LogP) is 5.74. The average molecular weight is 527 g/mol. The summed E-state index contributed by atoms with van der Waals surface area (Å²) in [6, 6.07) is 18.0. The van der Waals surface area contributed by atoms with Gasteiger partial charge in [0.25, 0.3) is 11.1 Å². The summed E-state index contributed by atoms with van der Waals surface area (Å²) in [4.78, 5) is 38.5. The minimum absolute atomic E-state index is 0.106. The van der Waals surface area contributed by atoms with Gasteiger partial charge in [0.15, 0.2) is 11.5 Å². The van der Waals surface area contributed by atoms with Gasteiger partial charge in [0.2, 0.25) is 5.91 Å². The lowest BCUT2D eigenvalue weighted by atomic mass is 10.1. The molecule has 4 rings (SSSR count). The maximum Gasteiger partial charge on any atom is 0.294 e. The van der Waals surface area contributed by atoms with Gasteiger partial charge in [-0.2, -0.15) is 0 Å². The number of benzene rings is 3. The first-order valence-electron chi connectivity index (χ1n) is 10.7. The van der Waals surface area contributed by atoms with Gasteiger partial charge in [-0.3, -0.25) is 19.3 Å². The molecule has 1 N–H and O–H groups in total. The molecule has 0 bridgehead atoms. The molecule has 184 valence electrons. The first-order valence-corrected chi connectivity index (χ1v) is 11.9. The normalized spacial score (nSPS) is 14.3. The van der Waals surface area contributed by atoms with Gasteiger partial charge in [-0.05, 0) is 59.8 Å². The zero-order chi connectivity index (χ0) is 25.7. The van der Waals surface area contributed by atoms with Gasteiger partial charge in [-0.15, -0.1) is 0 Å². The van der Waals surface area contributed by atoms with E-state index in [2.05, 4.69) is 5.32 Å². The van der Waals surface area contributed by atoms with Crippen molar-refractivity contribution in [1.29, 1.82) is 0 Å². The quantitative estimate of drug-likeness (QED) is 0.377. The molecule has 1 saturated heterocycles. The monoisotopic (exact) mass is 526 g/mol. The Labute approximate surface area is 215 Å². The van der Waals surface area contributed by atoms with Crippen molar-refractivity contribution in [3.8, 4) is 11.5 Å². The Balaban J connectivity index is 1.45. The van der Waals surface area contributed by atoms with E-state index in [0.717, 1.165) is 16.7 Å². The van der Waals surface area contributed by atoms with Crippen molar-refractivity contribution in [3.05, 3.63) is 93.6 Å².